The molecule has 1 rings (SSSR count). The van der Waals surface area contributed by atoms with E-state index in [1.54, 1.807) is 0 Å². The van der Waals surface area contributed by atoms with E-state index in [-0.39, 0.29) is 23.5 Å². The molecule has 0 radical (unpaired) electrons. The summed E-state index contributed by atoms with van der Waals surface area (Å²) in [6.45, 7) is 1.28. The molecule has 0 aromatic rings. The Morgan fingerprint density at radius 2 is 2.90 bits per heavy atom. The fourth-order valence-electron chi connectivity index (χ4n) is 0.569. The summed E-state index contributed by atoms with van der Waals surface area (Å²) >= 11 is 2.90. The number of rotatable bonds is 1. The molecule has 0 saturated heterocycles. The lowest BCUT2D eigenvalue weighted by molar-refractivity contribution is -0.113. The Morgan fingerprint density at radius 3 is 3.50 bits per heavy atom. The van der Waals surface area contributed by atoms with E-state index in [0.29, 0.717) is 0 Å². The number of hydrogen-bond donors (Lipinski definition) is 0. The largest absolute Gasteiger partial charge is 0.295 e. The Kier molecular flexibility index (Phi) is 1.22. The average molecular weight is 205 g/mol. The van der Waals surface area contributed by atoms with Gasteiger partial charge in [0.1, 0.15) is 0 Å². The van der Waals surface area contributed by atoms with Gasteiger partial charge in [-0.25, -0.2) is 0 Å². The van der Waals surface area contributed by atoms with Crippen LogP contribution in [-0.4, -0.2) is 10.6 Å². The van der Waals surface area contributed by atoms with Crippen molar-refractivity contribution in [3.63, 3.8) is 0 Å². The summed E-state index contributed by atoms with van der Waals surface area (Å²) < 4.78 is 30.1. The number of halogens is 1. The molecule has 0 bridgehead atoms. The molecule has 0 heterocycles. The van der Waals surface area contributed by atoms with Crippen LogP contribution in [0.5, 0.6) is 0 Å². The maximum absolute atomic E-state index is 11.0. The van der Waals surface area contributed by atoms with Gasteiger partial charge in [-0.1, -0.05) is 34.1 Å². The van der Waals surface area contributed by atoms with Gasteiger partial charge >= 0.3 is 0 Å². The number of alkyl halides is 1. The number of hydrogen-bond acceptors (Lipinski definition) is 1. The molecule has 1 aliphatic rings. The molecule has 0 fully saturated rings. The third-order valence-corrected chi connectivity index (χ3v) is 1.55. The molecule has 0 N–H and O–H groups in total. The number of Topliss-reactive ketones (excluding diaryl/α,β-unsaturated/α-hetero) is 1. The second kappa shape index (κ2) is 3.15. The van der Waals surface area contributed by atoms with Crippen LogP contribution >= 0.6 is 15.9 Å². The van der Waals surface area contributed by atoms with Gasteiger partial charge in [0.15, 0.2) is 5.78 Å². The minimum Gasteiger partial charge on any atom is -0.295 e. The lowest BCUT2D eigenvalue weighted by atomic mass is 10.0. The smallest absolute Gasteiger partial charge is 0.159 e. The van der Waals surface area contributed by atoms with Gasteiger partial charge < -0.3 is 0 Å². The standard InChI is InChI=1S/C8H9BrO/c1-6(10)7-2-4-8(9)5-3-7/h2-4,8H,5H2,1H3/i3D,4D,5D,8D. The third kappa shape index (κ3) is 1.81. The quantitative estimate of drug-likeness (QED) is 0.600. The molecule has 54 valence electrons. The minimum absolute atomic E-state index is 0.0531. The van der Waals surface area contributed by atoms with Crippen molar-refractivity contribution in [1.82, 2.24) is 0 Å². The summed E-state index contributed by atoms with van der Waals surface area (Å²) in [6, 6.07) is -0.376. The predicted octanol–water partition coefficient (Wildman–Crippen LogP) is 2.23. The van der Waals surface area contributed by atoms with Crippen molar-refractivity contribution in [3.05, 3.63) is 23.8 Å². The van der Waals surface area contributed by atoms with Crippen LogP contribution < -0.4 is 0 Å². The average Bonchev–Trinajstić information content (AvgIpc) is 2.08. The molecule has 2 heteroatoms. The Hall–Kier alpha value is -0.370. The lowest BCUT2D eigenvalue weighted by Crippen LogP contribution is -2.01. The Balaban J connectivity index is 3.27. The topological polar surface area (TPSA) is 17.1 Å². The third-order valence-electron chi connectivity index (χ3n) is 1.09. The van der Waals surface area contributed by atoms with E-state index in [4.69, 9.17) is 5.48 Å². The molecule has 2 unspecified atom stereocenters. The highest BCUT2D eigenvalue weighted by atomic mass is 79.9. The molecule has 1 aliphatic carbocycles. The fourth-order valence-corrected chi connectivity index (χ4v) is 0.798. The molecule has 0 aromatic carbocycles. The van der Waals surface area contributed by atoms with Gasteiger partial charge in [-0.15, -0.1) is 0 Å². The lowest BCUT2D eigenvalue weighted by Gasteiger charge is -2.06. The van der Waals surface area contributed by atoms with Gasteiger partial charge in [-0.2, -0.15) is 0 Å². The van der Waals surface area contributed by atoms with Crippen molar-refractivity contribution < 1.29 is 10.3 Å². The summed E-state index contributed by atoms with van der Waals surface area (Å²) in [6.07, 6.45) is -0.0591. The predicted molar refractivity (Wildman–Crippen MR) is 45.2 cm³/mol. The molecule has 0 saturated carbocycles. The molecule has 2 atom stereocenters. The van der Waals surface area contributed by atoms with Crippen molar-refractivity contribution >= 4 is 21.7 Å². The number of carbonyl (C=O) groups is 1. The second-order valence-corrected chi connectivity index (χ2v) is 2.75. The van der Waals surface area contributed by atoms with E-state index in [1.165, 1.54) is 13.0 Å². The summed E-state index contributed by atoms with van der Waals surface area (Å²) in [5, 5.41) is 0. The van der Waals surface area contributed by atoms with Crippen LogP contribution in [0.3, 0.4) is 0 Å². The molecule has 10 heavy (non-hydrogen) atoms. The molecular formula is C8H9BrO. The zero-order valence-corrected chi connectivity index (χ0v) is 7.03. The van der Waals surface area contributed by atoms with Crippen molar-refractivity contribution in [2.24, 2.45) is 0 Å². The van der Waals surface area contributed by atoms with Crippen LogP contribution in [0.4, 0.5) is 0 Å². The van der Waals surface area contributed by atoms with Crippen molar-refractivity contribution in [3.8, 4) is 0 Å². The van der Waals surface area contributed by atoms with Crippen molar-refractivity contribution in [2.75, 3.05) is 0 Å². The monoisotopic (exact) mass is 204 g/mol. The van der Waals surface area contributed by atoms with E-state index in [0.717, 1.165) is 0 Å². The first-order chi connectivity index (χ1) is 6.28. The van der Waals surface area contributed by atoms with E-state index < -0.39 is 11.2 Å². The maximum Gasteiger partial charge on any atom is 0.159 e. The molecule has 0 aromatic heterocycles. The summed E-state index contributed by atoms with van der Waals surface area (Å²) in [4.78, 5) is 9.44. The van der Waals surface area contributed by atoms with E-state index in [1.807, 2.05) is 0 Å². The molecule has 0 aliphatic heterocycles. The van der Waals surface area contributed by atoms with Gasteiger partial charge in [0.2, 0.25) is 0 Å². The number of carbonyl (C=O) groups excluding carboxylic acids is 1. The van der Waals surface area contributed by atoms with Gasteiger partial charge in [-0.3, -0.25) is 4.79 Å². The SMILES string of the molecule is [2H]C1=CC(C(C)=O)=C([2H])C([2H])C1([2H])Br. The van der Waals surface area contributed by atoms with Crippen molar-refractivity contribution in [1.29, 1.82) is 0 Å². The minimum atomic E-state index is -1.61. The van der Waals surface area contributed by atoms with Gasteiger partial charge in [0.05, 0.1) is 2.74 Å². The zero-order chi connectivity index (χ0) is 11.1. The van der Waals surface area contributed by atoms with E-state index >= 15 is 0 Å². The normalized spacial score (nSPS) is 46.6. The highest BCUT2D eigenvalue weighted by Crippen LogP contribution is 2.16. The van der Waals surface area contributed by atoms with Crippen LogP contribution in [0.2, 0.25) is 0 Å². The van der Waals surface area contributed by atoms with Gasteiger partial charge in [0, 0.05) is 13.1 Å². The van der Waals surface area contributed by atoms with Crippen LogP contribution in [0, 0.1) is 0 Å². The van der Waals surface area contributed by atoms with Crippen LogP contribution in [0.1, 0.15) is 18.8 Å². The molecule has 1 nitrogen and oxygen atoms in total. The summed E-state index contributed by atoms with van der Waals surface area (Å²) in [5.41, 5.74) is 0.0531. The Labute approximate surface area is 74.6 Å². The Morgan fingerprint density at radius 1 is 2.20 bits per heavy atom. The van der Waals surface area contributed by atoms with Gasteiger partial charge in [0.25, 0.3) is 0 Å². The zero-order valence-electron chi connectivity index (χ0n) is 9.44. The summed E-state index contributed by atoms with van der Waals surface area (Å²) in [7, 11) is 0. The first-order valence-electron chi connectivity index (χ1n) is 4.88. The number of ketones is 1. The van der Waals surface area contributed by atoms with E-state index in [2.05, 4.69) is 15.9 Å². The van der Waals surface area contributed by atoms with Crippen LogP contribution in [0.25, 0.3) is 0 Å². The van der Waals surface area contributed by atoms with Crippen LogP contribution in [0.15, 0.2) is 23.8 Å². The number of allylic oxidation sites excluding steroid dienone is 4. The molecular weight excluding hydrogens is 192 g/mol. The molecule has 0 spiro atoms. The Bertz CT molecular complexity index is 345. The van der Waals surface area contributed by atoms with E-state index in [9.17, 15) is 4.79 Å². The second-order valence-electron chi connectivity index (χ2n) is 1.90. The first-order valence-corrected chi connectivity index (χ1v) is 3.59. The maximum atomic E-state index is 11.0. The highest BCUT2D eigenvalue weighted by molar-refractivity contribution is 9.09. The first kappa shape index (κ1) is 3.86. The highest BCUT2D eigenvalue weighted by Gasteiger charge is 2.06. The van der Waals surface area contributed by atoms with Crippen molar-refractivity contribution in [2.45, 2.75) is 18.1 Å². The van der Waals surface area contributed by atoms with Crippen LogP contribution in [-0.2, 0) is 4.79 Å². The fraction of sp³-hybridized carbons (Fsp3) is 0.375. The summed E-state index contributed by atoms with van der Waals surface area (Å²) in [5.74, 6) is -0.347. The molecule has 0 amide bonds. The van der Waals surface area contributed by atoms with Gasteiger partial charge in [-0.05, 0) is 13.3 Å².